The number of aliphatic hydroxyl groups excluding tert-OH is 1. The number of aliphatic hydroxyl groups is 1. The summed E-state index contributed by atoms with van der Waals surface area (Å²) in [5, 5.41) is 20.1. The summed E-state index contributed by atoms with van der Waals surface area (Å²) in [4.78, 5) is 0. The van der Waals surface area contributed by atoms with Gasteiger partial charge in [-0.15, -0.1) is 0 Å². The summed E-state index contributed by atoms with van der Waals surface area (Å²) in [6, 6.07) is 2.01. The lowest BCUT2D eigenvalue weighted by Gasteiger charge is -2.50. The van der Waals surface area contributed by atoms with Crippen LogP contribution in [-0.4, -0.2) is 22.4 Å². The van der Waals surface area contributed by atoms with Crippen LogP contribution in [0.15, 0.2) is 6.07 Å². The molecule has 1 spiro atoms. The molecule has 3 heteroatoms. The third-order valence-corrected chi connectivity index (χ3v) is 5.22. The van der Waals surface area contributed by atoms with E-state index in [0.717, 1.165) is 54.5 Å². The van der Waals surface area contributed by atoms with Crippen LogP contribution in [0.4, 0.5) is 0 Å². The number of aryl methyl sites for hydroxylation is 1. The van der Waals surface area contributed by atoms with Crippen LogP contribution in [-0.2, 0) is 19.3 Å². The summed E-state index contributed by atoms with van der Waals surface area (Å²) < 4.78 is 6.33. The minimum Gasteiger partial charge on any atom is -0.507 e. The van der Waals surface area contributed by atoms with Crippen molar-refractivity contribution in [1.82, 2.24) is 0 Å². The highest BCUT2D eigenvalue weighted by Gasteiger charge is 2.49. The molecule has 1 aliphatic carbocycles. The van der Waals surface area contributed by atoms with Crippen molar-refractivity contribution in [1.29, 1.82) is 0 Å². The Kier molecular flexibility index (Phi) is 3.41. The molecule has 1 atom stereocenters. The zero-order valence-corrected chi connectivity index (χ0v) is 12.4. The molecule has 1 aliphatic heterocycles. The molecule has 110 valence electrons. The van der Waals surface area contributed by atoms with Crippen LogP contribution in [0.3, 0.4) is 0 Å². The maximum atomic E-state index is 10.4. The van der Waals surface area contributed by atoms with Gasteiger partial charge in [0.1, 0.15) is 17.1 Å². The van der Waals surface area contributed by atoms with Crippen molar-refractivity contribution in [2.75, 3.05) is 6.61 Å². The molecule has 1 unspecified atom stereocenters. The lowest BCUT2D eigenvalue weighted by atomic mass is 9.67. The van der Waals surface area contributed by atoms with Crippen molar-refractivity contribution in [2.45, 2.75) is 58.0 Å². The van der Waals surface area contributed by atoms with Crippen molar-refractivity contribution >= 4 is 0 Å². The molecule has 0 aromatic heterocycles. The normalized spacial score (nSPS) is 23.1. The largest absolute Gasteiger partial charge is 0.507 e. The van der Waals surface area contributed by atoms with Gasteiger partial charge in [-0.1, -0.05) is 13.8 Å². The molecule has 3 rings (SSSR count). The zero-order valence-electron chi connectivity index (χ0n) is 12.4. The first-order valence-corrected chi connectivity index (χ1v) is 7.81. The van der Waals surface area contributed by atoms with Gasteiger partial charge in [-0.05, 0) is 50.2 Å². The second-order valence-electron chi connectivity index (χ2n) is 6.15. The van der Waals surface area contributed by atoms with Crippen LogP contribution < -0.4 is 4.74 Å². The minimum atomic E-state index is -0.144. The topological polar surface area (TPSA) is 49.7 Å². The maximum absolute atomic E-state index is 10.4. The average Bonchev–Trinajstić information content (AvgIpc) is 2.43. The number of benzene rings is 1. The Labute approximate surface area is 120 Å². The van der Waals surface area contributed by atoms with E-state index in [-0.39, 0.29) is 18.1 Å². The summed E-state index contributed by atoms with van der Waals surface area (Å²) in [5.74, 6) is 1.54. The van der Waals surface area contributed by atoms with Crippen molar-refractivity contribution in [2.24, 2.45) is 5.92 Å². The fourth-order valence-corrected chi connectivity index (χ4v) is 3.77. The van der Waals surface area contributed by atoms with Crippen LogP contribution in [0.5, 0.6) is 11.5 Å². The predicted molar refractivity (Wildman–Crippen MR) is 78.4 cm³/mol. The van der Waals surface area contributed by atoms with E-state index in [1.54, 1.807) is 0 Å². The Morgan fingerprint density at radius 3 is 2.55 bits per heavy atom. The second kappa shape index (κ2) is 4.96. The first-order valence-electron chi connectivity index (χ1n) is 7.81. The third-order valence-electron chi connectivity index (χ3n) is 5.22. The number of phenols is 1. The molecule has 0 bridgehead atoms. The second-order valence-corrected chi connectivity index (χ2v) is 6.15. The summed E-state index contributed by atoms with van der Waals surface area (Å²) in [6.07, 6.45) is 5.71. The van der Waals surface area contributed by atoms with Gasteiger partial charge in [-0.3, -0.25) is 0 Å². The minimum absolute atomic E-state index is 0.144. The number of aromatic hydroxyl groups is 1. The van der Waals surface area contributed by atoms with E-state index in [0.29, 0.717) is 5.75 Å². The molecule has 1 aromatic rings. The van der Waals surface area contributed by atoms with Crippen molar-refractivity contribution in [3.63, 3.8) is 0 Å². The lowest BCUT2D eigenvalue weighted by Crippen LogP contribution is -2.54. The van der Waals surface area contributed by atoms with Gasteiger partial charge < -0.3 is 14.9 Å². The molecule has 2 aliphatic rings. The van der Waals surface area contributed by atoms with Gasteiger partial charge in [0.15, 0.2) is 0 Å². The molecule has 1 heterocycles. The summed E-state index contributed by atoms with van der Waals surface area (Å²) in [6.45, 7) is 4.29. The van der Waals surface area contributed by atoms with E-state index in [1.165, 1.54) is 6.42 Å². The van der Waals surface area contributed by atoms with Crippen molar-refractivity contribution < 1.29 is 14.9 Å². The fourth-order valence-electron chi connectivity index (χ4n) is 3.77. The van der Waals surface area contributed by atoms with Crippen LogP contribution in [0.1, 0.15) is 49.8 Å². The number of ether oxygens (including phenoxy) is 1. The van der Waals surface area contributed by atoms with E-state index < -0.39 is 0 Å². The molecule has 1 aromatic carbocycles. The smallest absolute Gasteiger partial charge is 0.124 e. The van der Waals surface area contributed by atoms with Crippen LogP contribution in [0.25, 0.3) is 0 Å². The molecule has 0 amide bonds. The van der Waals surface area contributed by atoms with Gasteiger partial charge in [0.25, 0.3) is 0 Å². The summed E-state index contributed by atoms with van der Waals surface area (Å²) in [7, 11) is 0. The van der Waals surface area contributed by atoms with Gasteiger partial charge in [0, 0.05) is 17.0 Å². The highest BCUT2D eigenvalue weighted by Crippen LogP contribution is 2.50. The van der Waals surface area contributed by atoms with Gasteiger partial charge in [-0.25, -0.2) is 0 Å². The molecule has 0 radical (unpaired) electrons. The fraction of sp³-hybridized carbons (Fsp3) is 0.647. The van der Waals surface area contributed by atoms with E-state index in [1.807, 2.05) is 6.07 Å². The number of phenolic OH excluding ortho intramolecular Hbond substituents is 1. The molecule has 1 fully saturated rings. The number of fused-ring (bicyclic) bond motifs is 1. The lowest BCUT2D eigenvalue weighted by molar-refractivity contribution is -0.0871. The molecule has 20 heavy (non-hydrogen) atoms. The zero-order chi connectivity index (χ0) is 14.3. The van der Waals surface area contributed by atoms with Crippen molar-refractivity contribution in [3.8, 4) is 11.5 Å². The molecular formula is C17H24O3. The molecule has 2 N–H and O–H groups in total. The van der Waals surface area contributed by atoms with Gasteiger partial charge in [0.2, 0.25) is 0 Å². The van der Waals surface area contributed by atoms with Crippen molar-refractivity contribution in [3.05, 3.63) is 22.8 Å². The quantitative estimate of drug-likeness (QED) is 0.892. The van der Waals surface area contributed by atoms with E-state index >= 15 is 0 Å². The Bertz CT molecular complexity index is 517. The number of hydrogen-bond acceptors (Lipinski definition) is 3. The average molecular weight is 276 g/mol. The third kappa shape index (κ3) is 1.83. The SMILES string of the molecule is CCc1cc2c(c(CC)c1O)CC(CO)C1(CCC1)O2. The monoisotopic (exact) mass is 276 g/mol. The maximum Gasteiger partial charge on any atom is 0.124 e. The first-order chi connectivity index (χ1) is 9.65. The standard InChI is InChI=1S/C17H24O3/c1-3-11-8-15-14(13(4-2)16(11)19)9-12(10-18)17(20-15)6-5-7-17/h8,12,18-19H,3-7,9-10H2,1-2H3. The Morgan fingerprint density at radius 1 is 1.30 bits per heavy atom. The van der Waals surface area contributed by atoms with E-state index in [9.17, 15) is 10.2 Å². The summed E-state index contributed by atoms with van der Waals surface area (Å²) in [5.41, 5.74) is 2.94. The van der Waals surface area contributed by atoms with Crippen LogP contribution in [0, 0.1) is 5.92 Å². The van der Waals surface area contributed by atoms with Gasteiger partial charge in [0.05, 0.1) is 6.61 Å². The Hall–Kier alpha value is -1.22. The first kappa shape index (κ1) is 13.7. The van der Waals surface area contributed by atoms with Crippen LogP contribution in [0.2, 0.25) is 0 Å². The predicted octanol–water partition coefficient (Wildman–Crippen LogP) is 2.98. The molecule has 0 saturated heterocycles. The number of hydrogen-bond donors (Lipinski definition) is 2. The highest BCUT2D eigenvalue weighted by molar-refractivity contribution is 5.54. The Morgan fingerprint density at radius 2 is 2.05 bits per heavy atom. The Balaban J connectivity index is 2.09. The van der Waals surface area contributed by atoms with Gasteiger partial charge in [-0.2, -0.15) is 0 Å². The highest BCUT2D eigenvalue weighted by atomic mass is 16.5. The van der Waals surface area contributed by atoms with E-state index in [4.69, 9.17) is 4.74 Å². The van der Waals surface area contributed by atoms with Crippen LogP contribution >= 0.6 is 0 Å². The van der Waals surface area contributed by atoms with Gasteiger partial charge >= 0.3 is 0 Å². The number of rotatable bonds is 3. The summed E-state index contributed by atoms with van der Waals surface area (Å²) >= 11 is 0. The van der Waals surface area contributed by atoms with E-state index in [2.05, 4.69) is 13.8 Å². The molecule has 3 nitrogen and oxygen atoms in total. The molecular weight excluding hydrogens is 252 g/mol. The molecule has 1 saturated carbocycles.